The monoisotopic (exact) mass is 380 g/mol. The minimum atomic E-state index is -0.147. The van der Waals surface area contributed by atoms with Gasteiger partial charge in [-0.25, -0.2) is 15.0 Å². The molecule has 0 atom stereocenters. The van der Waals surface area contributed by atoms with Crippen molar-refractivity contribution in [3.8, 4) is 11.4 Å². The fourth-order valence-electron chi connectivity index (χ4n) is 2.98. The minimum absolute atomic E-state index is 0.147. The summed E-state index contributed by atoms with van der Waals surface area (Å²) in [5, 5.41) is 0.616. The Labute approximate surface area is 160 Å². The van der Waals surface area contributed by atoms with Crippen LogP contribution in [-0.2, 0) is 13.6 Å². The predicted molar refractivity (Wildman–Crippen MR) is 103 cm³/mol. The normalized spacial score (nSPS) is 11.1. The molecule has 136 valence electrons. The van der Waals surface area contributed by atoms with Gasteiger partial charge in [0, 0.05) is 38.2 Å². The largest absolute Gasteiger partial charge is 0.347 e. The molecule has 0 spiro atoms. The molecule has 3 aromatic heterocycles. The average molecular weight is 381 g/mol. The lowest BCUT2D eigenvalue weighted by atomic mass is 10.2. The first-order chi connectivity index (χ1) is 13.0. The lowest BCUT2D eigenvalue weighted by molar-refractivity contribution is 0.0781. The van der Waals surface area contributed by atoms with Crippen LogP contribution >= 0.6 is 11.6 Å². The Kier molecular flexibility index (Phi) is 4.37. The van der Waals surface area contributed by atoms with E-state index in [0.717, 1.165) is 11.4 Å². The molecular formula is C19H17ClN6O. The zero-order valence-corrected chi connectivity index (χ0v) is 15.6. The molecule has 0 unspecified atom stereocenters. The highest BCUT2D eigenvalue weighted by Gasteiger charge is 2.18. The average Bonchev–Trinajstić information content (AvgIpc) is 3.29. The van der Waals surface area contributed by atoms with Crippen LogP contribution in [0.15, 0.2) is 48.9 Å². The number of halogens is 1. The van der Waals surface area contributed by atoms with Crippen molar-refractivity contribution in [3.05, 3.63) is 65.3 Å². The number of carbonyl (C=O) groups is 1. The highest BCUT2D eigenvalue weighted by Crippen LogP contribution is 2.29. The molecule has 0 radical (unpaired) electrons. The number of benzene rings is 1. The number of nitrogens with zero attached hydrogens (tertiary/aromatic N) is 5. The van der Waals surface area contributed by atoms with E-state index in [4.69, 9.17) is 11.6 Å². The summed E-state index contributed by atoms with van der Waals surface area (Å²) < 4.78 is 1.87. The maximum absolute atomic E-state index is 12.7. The Balaban J connectivity index is 1.68. The third-order valence-electron chi connectivity index (χ3n) is 4.36. The highest BCUT2D eigenvalue weighted by molar-refractivity contribution is 6.33. The first-order valence-electron chi connectivity index (χ1n) is 8.35. The molecule has 27 heavy (non-hydrogen) atoms. The van der Waals surface area contributed by atoms with Crippen LogP contribution in [0.25, 0.3) is 22.6 Å². The molecule has 0 aliphatic rings. The van der Waals surface area contributed by atoms with Crippen molar-refractivity contribution in [3.63, 3.8) is 0 Å². The Bertz CT molecular complexity index is 1120. The standard InChI is InChI=1S/C19H17ClN6O/c1-25(11-16-21-7-8-22-16)19(27)12-9-15-18(23-10-12)26(2)17(24-15)13-5-3-4-6-14(13)20/h3-10H,11H2,1-2H3,(H,21,22). The van der Waals surface area contributed by atoms with Crippen molar-refractivity contribution in [2.45, 2.75) is 6.54 Å². The summed E-state index contributed by atoms with van der Waals surface area (Å²) in [6.07, 6.45) is 4.96. The van der Waals surface area contributed by atoms with Gasteiger partial charge in [-0.15, -0.1) is 0 Å². The summed E-state index contributed by atoms with van der Waals surface area (Å²) in [7, 11) is 3.61. The van der Waals surface area contributed by atoms with E-state index in [2.05, 4.69) is 19.9 Å². The fraction of sp³-hybridized carbons (Fsp3) is 0.158. The van der Waals surface area contributed by atoms with Gasteiger partial charge in [-0.3, -0.25) is 4.79 Å². The number of amides is 1. The van der Waals surface area contributed by atoms with E-state index in [9.17, 15) is 4.79 Å². The number of nitrogens with one attached hydrogen (secondary N) is 1. The van der Waals surface area contributed by atoms with Crippen LogP contribution in [0.1, 0.15) is 16.2 Å². The fourth-order valence-corrected chi connectivity index (χ4v) is 3.20. The second-order valence-electron chi connectivity index (χ2n) is 6.24. The van der Waals surface area contributed by atoms with Crippen molar-refractivity contribution < 1.29 is 4.79 Å². The van der Waals surface area contributed by atoms with Crippen LogP contribution in [-0.4, -0.2) is 42.4 Å². The molecule has 3 heterocycles. The topological polar surface area (TPSA) is 79.7 Å². The Morgan fingerprint density at radius 1 is 1.30 bits per heavy atom. The number of H-pyrrole nitrogens is 1. The SMILES string of the molecule is CN(Cc1ncc[nH]1)C(=O)c1cnc2c(c1)nc(-c1ccccc1Cl)n2C. The number of aromatic amines is 1. The Morgan fingerprint density at radius 2 is 2.11 bits per heavy atom. The molecule has 0 saturated carbocycles. The van der Waals surface area contributed by atoms with Crippen LogP contribution < -0.4 is 0 Å². The van der Waals surface area contributed by atoms with E-state index in [1.165, 1.54) is 0 Å². The Hall–Kier alpha value is -3.19. The molecule has 8 heteroatoms. The molecule has 1 aromatic carbocycles. The van der Waals surface area contributed by atoms with E-state index in [1.54, 1.807) is 36.6 Å². The number of hydrogen-bond acceptors (Lipinski definition) is 4. The van der Waals surface area contributed by atoms with E-state index < -0.39 is 0 Å². The number of fused-ring (bicyclic) bond motifs is 1. The van der Waals surface area contributed by atoms with Gasteiger partial charge < -0.3 is 14.5 Å². The molecule has 4 aromatic rings. The number of carbonyl (C=O) groups excluding carboxylic acids is 1. The van der Waals surface area contributed by atoms with Crippen molar-refractivity contribution >= 4 is 28.7 Å². The summed E-state index contributed by atoms with van der Waals surface area (Å²) in [4.78, 5) is 30.5. The van der Waals surface area contributed by atoms with Gasteiger partial charge in [0.15, 0.2) is 5.65 Å². The smallest absolute Gasteiger partial charge is 0.255 e. The van der Waals surface area contributed by atoms with E-state index in [1.807, 2.05) is 35.9 Å². The maximum Gasteiger partial charge on any atom is 0.255 e. The summed E-state index contributed by atoms with van der Waals surface area (Å²) >= 11 is 6.31. The molecule has 0 aliphatic heterocycles. The zero-order valence-electron chi connectivity index (χ0n) is 14.8. The lowest BCUT2D eigenvalue weighted by Crippen LogP contribution is -2.26. The van der Waals surface area contributed by atoms with Crippen molar-refractivity contribution in [2.24, 2.45) is 7.05 Å². The van der Waals surface area contributed by atoms with Crippen LogP contribution in [0, 0.1) is 0 Å². The molecule has 4 rings (SSSR count). The number of pyridine rings is 1. The van der Waals surface area contributed by atoms with E-state index >= 15 is 0 Å². The van der Waals surface area contributed by atoms with Crippen molar-refractivity contribution in [2.75, 3.05) is 7.05 Å². The molecule has 0 bridgehead atoms. The molecular weight excluding hydrogens is 364 g/mol. The van der Waals surface area contributed by atoms with Gasteiger partial charge in [0.2, 0.25) is 0 Å². The van der Waals surface area contributed by atoms with Crippen molar-refractivity contribution in [1.29, 1.82) is 0 Å². The van der Waals surface area contributed by atoms with E-state index in [-0.39, 0.29) is 5.91 Å². The van der Waals surface area contributed by atoms with Crippen LogP contribution in [0.2, 0.25) is 5.02 Å². The van der Waals surface area contributed by atoms with Gasteiger partial charge >= 0.3 is 0 Å². The highest BCUT2D eigenvalue weighted by atomic mass is 35.5. The summed E-state index contributed by atoms with van der Waals surface area (Å²) in [6, 6.07) is 9.27. The van der Waals surface area contributed by atoms with Gasteiger partial charge in [-0.05, 0) is 18.2 Å². The minimum Gasteiger partial charge on any atom is -0.347 e. The summed E-state index contributed by atoms with van der Waals surface area (Å²) in [5.41, 5.74) is 2.63. The first-order valence-corrected chi connectivity index (χ1v) is 8.73. The maximum atomic E-state index is 12.7. The first kappa shape index (κ1) is 17.2. The lowest BCUT2D eigenvalue weighted by Gasteiger charge is -2.15. The molecule has 1 N–H and O–H groups in total. The van der Waals surface area contributed by atoms with Crippen molar-refractivity contribution in [1.82, 2.24) is 29.4 Å². The molecule has 0 fully saturated rings. The molecule has 0 saturated heterocycles. The zero-order chi connectivity index (χ0) is 19.0. The van der Waals surface area contributed by atoms with Gasteiger partial charge in [-0.2, -0.15) is 0 Å². The summed E-state index contributed by atoms with van der Waals surface area (Å²) in [5.74, 6) is 1.28. The second kappa shape index (κ2) is 6.85. The molecule has 1 amide bonds. The van der Waals surface area contributed by atoms with E-state index in [0.29, 0.717) is 34.1 Å². The van der Waals surface area contributed by atoms with Gasteiger partial charge in [0.05, 0.1) is 17.1 Å². The quantitative estimate of drug-likeness (QED) is 0.589. The third-order valence-corrected chi connectivity index (χ3v) is 4.69. The van der Waals surface area contributed by atoms with Crippen LogP contribution in [0.3, 0.4) is 0 Å². The van der Waals surface area contributed by atoms with Gasteiger partial charge in [0.1, 0.15) is 17.2 Å². The Morgan fingerprint density at radius 3 is 2.85 bits per heavy atom. The second-order valence-corrected chi connectivity index (χ2v) is 6.65. The number of aryl methyl sites for hydroxylation is 1. The predicted octanol–water partition coefficient (Wildman–Crippen LogP) is 3.28. The number of rotatable bonds is 4. The van der Waals surface area contributed by atoms with Crippen LogP contribution in [0.5, 0.6) is 0 Å². The number of hydrogen-bond donors (Lipinski definition) is 1. The van der Waals surface area contributed by atoms with Crippen LogP contribution in [0.4, 0.5) is 0 Å². The summed E-state index contributed by atoms with van der Waals surface area (Å²) in [6.45, 7) is 0.386. The molecule has 7 nitrogen and oxygen atoms in total. The molecule has 0 aliphatic carbocycles. The van der Waals surface area contributed by atoms with Gasteiger partial charge in [-0.1, -0.05) is 23.7 Å². The third kappa shape index (κ3) is 3.17. The number of aromatic nitrogens is 5. The number of imidazole rings is 2. The van der Waals surface area contributed by atoms with Gasteiger partial charge in [0.25, 0.3) is 5.91 Å².